The Balaban J connectivity index is 1.75. The van der Waals surface area contributed by atoms with Crippen molar-refractivity contribution in [2.45, 2.75) is 44.9 Å². The molecule has 122 valence electrons. The fourth-order valence-corrected chi connectivity index (χ4v) is 5.37. The van der Waals surface area contributed by atoms with Crippen LogP contribution in [0, 0.1) is 23.1 Å². The van der Waals surface area contributed by atoms with E-state index in [4.69, 9.17) is 0 Å². The molecule has 4 heteroatoms. The number of ketones is 1. The zero-order valence-corrected chi connectivity index (χ0v) is 13.2. The number of aliphatic hydroxyl groups excluding tert-OH is 1. The number of aryl methyl sites for hydroxylation is 1. The molecule has 2 saturated carbocycles. The number of carbonyl (C=O) groups is 1. The van der Waals surface area contributed by atoms with Gasteiger partial charge in [0, 0.05) is 11.0 Å². The van der Waals surface area contributed by atoms with Gasteiger partial charge in [0.25, 0.3) is 0 Å². The van der Waals surface area contributed by atoms with Crippen molar-refractivity contribution >= 4 is 5.78 Å². The molecular formula is C19H21FO3. The normalized spacial score (nSPS) is 37.4. The molecule has 0 heterocycles. The van der Waals surface area contributed by atoms with Crippen molar-refractivity contribution in [3.63, 3.8) is 0 Å². The average Bonchev–Trinajstić information content (AvgIpc) is 2.80. The lowest BCUT2D eigenvalue weighted by molar-refractivity contribution is -0.127. The predicted octanol–water partition coefficient (Wildman–Crippen LogP) is 4.01. The van der Waals surface area contributed by atoms with E-state index in [2.05, 4.69) is 0 Å². The van der Waals surface area contributed by atoms with Crippen LogP contribution < -0.4 is 0 Å². The maximum Gasteiger partial charge on any atom is 0.168 e. The van der Waals surface area contributed by atoms with Gasteiger partial charge in [-0.05, 0) is 73.1 Å². The maximum atomic E-state index is 13.8. The number of allylic oxidation sites excluding steroid dienone is 1. The molecule has 0 unspecified atom stereocenters. The number of phenols is 1. The molecule has 4 rings (SSSR count). The predicted molar refractivity (Wildman–Crippen MR) is 83.8 cm³/mol. The third-order valence-corrected chi connectivity index (χ3v) is 6.59. The van der Waals surface area contributed by atoms with Crippen LogP contribution in [-0.2, 0) is 11.2 Å². The standard InChI is InChI=1S/C19H21FO3/c1-19-5-4-12-13(15(19)6-11(9-21)18(19)23)3-2-10-7-17(22)16(20)8-14(10)12/h7-9,12-13,15,21-22H,2-6H2,1H3/t12-,13+,15-,19-/m0/s1. The molecule has 3 aliphatic rings. The summed E-state index contributed by atoms with van der Waals surface area (Å²) in [5.41, 5.74) is 2.20. The minimum absolute atomic E-state index is 0.0890. The molecule has 0 aliphatic heterocycles. The SMILES string of the molecule is C[C@]12CC[C@@H]3c4cc(F)c(O)cc4CC[C@H]3[C@@H]1CC(=CO)C2=O. The summed E-state index contributed by atoms with van der Waals surface area (Å²) in [7, 11) is 0. The van der Waals surface area contributed by atoms with Gasteiger partial charge in [-0.25, -0.2) is 4.39 Å². The molecule has 3 nitrogen and oxygen atoms in total. The van der Waals surface area contributed by atoms with Gasteiger partial charge >= 0.3 is 0 Å². The highest BCUT2D eigenvalue weighted by Gasteiger charge is 2.56. The van der Waals surface area contributed by atoms with Crippen LogP contribution in [0.5, 0.6) is 5.75 Å². The van der Waals surface area contributed by atoms with Gasteiger partial charge in [-0.2, -0.15) is 0 Å². The van der Waals surface area contributed by atoms with Crippen LogP contribution in [0.4, 0.5) is 4.39 Å². The van der Waals surface area contributed by atoms with Crippen molar-refractivity contribution in [3.05, 3.63) is 40.9 Å². The minimum Gasteiger partial charge on any atom is -0.515 e. The third-order valence-electron chi connectivity index (χ3n) is 6.59. The smallest absolute Gasteiger partial charge is 0.168 e. The van der Waals surface area contributed by atoms with Crippen molar-refractivity contribution in [1.82, 2.24) is 0 Å². The van der Waals surface area contributed by atoms with Crippen LogP contribution in [0.25, 0.3) is 0 Å². The summed E-state index contributed by atoms with van der Waals surface area (Å²) < 4.78 is 13.8. The molecule has 3 aliphatic carbocycles. The minimum atomic E-state index is -0.559. The van der Waals surface area contributed by atoms with Gasteiger partial charge in [0.05, 0.1) is 6.26 Å². The Bertz CT molecular complexity index is 724. The molecule has 0 aromatic heterocycles. The van der Waals surface area contributed by atoms with Crippen molar-refractivity contribution in [2.75, 3.05) is 0 Å². The zero-order valence-electron chi connectivity index (χ0n) is 13.2. The second-order valence-corrected chi connectivity index (χ2v) is 7.56. The average molecular weight is 316 g/mol. The fraction of sp³-hybridized carbons (Fsp3) is 0.526. The number of benzene rings is 1. The summed E-state index contributed by atoms with van der Waals surface area (Å²) in [5.74, 6) is 0.0632. The first-order valence-electron chi connectivity index (χ1n) is 8.35. The van der Waals surface area contributed by atoms with E-state index in [0.29, 0.717) is 17.9 Å². The molecule has 4 atom stereocenters. The lowest BCUT2D eigenvalue weighted by Crippen LogP contribution is -2.42. The van der Waals surface area contributed by atoms with Crippen molar-refractivity contribution < 1.29 is 19.4 Å². The Kier molecular flexibility index (Phi) is 3.09. The van der Waals surface area contributed by atoms with E-state index in [0.717, 1.165) is 43.1 Å². The molecule has 0 spiro atoms. The molecule has 0 radical (unpaired) electrons. The second kappa shape index (κ2) is 4.83. The lowest BCUT2D eigenvalue weighted by atomic mass is 9.55. The van der Waals surface area contributed by atoms with Crippen LogP contribution >= 0.6 is 0 Å². The van der Waals surface area contributed by atoms with E-state index >= 15 is 0 Å². The second-order valence-electron chi connectivity index (χ2n) is 7.56. The summed E-state index contributed by atoms with van der Waals surface area (Å²) in [5, 5.41) is 19.0. The number of hydrogen-bond acceptors (Lipinski definition) is 3. The van der Waals surface area contributed by atoms with Gasteiger partial charge in [0.15, 0.2) is 17.3 Å². The first-order valence-corrected chi connectivity index (χ1v) is 8.35. The number of aromatic hydroxyl groups is 1. The summed E-state index contributed by atoms with van der Waals surface area (Å²) in [6, 6.07) is 3.05. The molecule has 0 bridgehead atoms. The molecule has 0 amide bonds. The van der Waals surface area contributed by atoms with Crippen LogP contribution in [0.15, 0.2) is 24.0 Å². The number of aliphatic hydroxyl groups is 1. The zero-order chi connectivity index (χ0) is 16.4. The largest absolute Gasteiger partial charge is 0.515 e. The first-order chi connectivity index (χ1) is 11.0. The molecule has 0 saturated heterocycles. The van der Waals surface area contributed by atoms with Gasteiger partial charge in [-0.15, -0.1) is 0 Å². The third kappa shape index (κ3) is 1.90. The van der Waals surface area contributed by atoms with Gasteiger partial charge in [0.2, 0.25) is 0 Å². The lowest BCUT2D eigenvalue weighted by Gasteiger charge is -2.48. The summed E-state index contributed by atoms with van der Waals surface area (Å²) >= 11 is 0. The molecule has 2 N–H and O–H groups in total. The first kappa shape index (κ1) is 14.7. The number of hydrogen-bond donors (Lipinski definition) is 2. The van der Waals surface area contributed by atoms with Gasteiger partial charge in [-0.3, -0.25) is 4.79 Å². The van der Waals surface area contributed by atoms with Gasteiger partial charge < -0.3 is 10.2 Å². The number of rotatable bonds is 0. The Hall–Kier alpha value is -1.84. The van der Waals surface area contributed by atoms with E-state index in [1.54, 1.807) is 6.07 Å². The van der Waals surface area contributed by atoms with E-state index in [-0.39, 0.29) is 28.8 Å². The maximum absolute atomic E-state index is 13.8. The number of Topliss-reactive ketones (excluding diaryl/α,β-unsaturated/α-hetero) is 1. The topological polar surface area (TPSA) is 57.5 Å². The van der Waals surface area contributed by atoms with E-state index in [1.165, 1.54) is 6.07 Å². The van der Waals surface area contributed by atoms with Gasteiger partial charge in [0.1, 0.15) is 0 Å². The Labute approximate surface area is 134 Å². The quantitative estimate of drug-likeness (QED) is 0.562. The Morgan fingerprint density at radius 3 is 2.87 bits per heavy atom. The molecular weight excluding hydrogens is 295 g/mol. The highest BCUT2D eigenvalue weighted by molar-refractivity contribution is 6.02. The van der Waals surface area contributed by atoms with E-state index in [1.807, 2.05) is 6.92 Å². The number of carbonyl (C=O) groups excluding carboxylic acids is 1. The van der Waals surface area contributed by atoms with Crippen molar-refractivity contribution in [2.24, 2.45) is 17.3 Å². The summed E-state index contributed by atoms with van der Waals surface area (Å²) in [6.07, 6.45) is 5.01. The van der Waals surface area contributed by atoms with Crippen molar-refractivity contribution in [3.8, 4) is 5.75 Å². The Morgan fingerprint density at radius 2 is 2.13 bits per heavy atom. The van der Waals surface area contributed by atoms with Crippen LogP contribution in [0.3, 0.4) is 0 Å². The van der Waals surface area contributed by atoms with E-state index < -0.39 is 5.82 Å². The number of fused-ring (bicyclic) bond motifs is 5. The van der Waals surface area contributed by atoms with Gasteiger partial charge in [-0.1, -0.05) is 6.92 Å². The van der Waals surface area contributed by atoms with Crippen LogP contribution in [-0.4, -0.2) is 16.0 Å². The Morgan fingerprint density at radius 1 is 1.35 bits per heavy atom. The van der Waals surface area contributed by atoms with Crippen LogP contribution in [0.1, 0.15) is 49.7 Å². The fourth-order valence-electron chi connectivity index (χ4n) is 5.37. The highest BCUT2D eigenvalue weighted by atomic mass is 19.1. The van der Waals surface area contributed by atoms with Crippen LogP contribution in [0.2, 0.25) is 0 Å². The summed E-state index contributed by atoms with van der Waals surface area (Å²) in [4.78, 5) is 12.6. The number of halogens is 1. The van der Waals surface area contributed by atoms with Crippen molar-refractivity contribution in [1.29, 1.82) is 0 Å². The molecule has 1 aromatic carbocycles. The number of phenolic OH excluding ortho intramolecular Hbond substituents is 1. The van der Waals surface area contributed by atoms with E-state index in [9.17, 15) is 19.4 Å². The highest BCUT2D eigenvalue weighted by Crippen LogP contribution is 2.60. The molecule has 2 fully saturated rings. The summed E-state index contributed by atoms with van der Waals surface area (Å²) in [6.45, 7) is 2.03. The molecule has 1 aromatic rings. The monoisotopic (exact) mass is 316 g/mol. The molecule has 23 heavy (non-hydrogen) atoms.